The Morgan fingerprint density at radius 1 is 1.35 bits per heavy atom. The monoisotopic (exact) mass is 243 g/mol. The van der Waals surface area contributed by atoms with Crippen LogP contribution in [0.2, 0.25) is 0 Å². The first-order chi connectivity index (χ1) is 8.06. The van der Waals surface area contributed by atoms with Crippen molar-refractivity contribution in [2.24, 2.45) is 5.92 Å². The average Bonchev–Trinajstić information content (AvgIpc) is 2.76. The molecule has 1 saturated heterocycles. The Hall–Kier alpha value is -1.14. The molecule has 0 aromatic rings. The normalized spacial score (nSPS) is 23.5. The molecule has 98 valence electrons. The zero-order valence-electron chi connectivity index (χ0n) is 10.7. The number of amides is 2. The average molecular weight is 243 g/mol. The first kappa shape index (κ1) is 13.9. The number of nitrogens with zero attached hydrogens (tertiary/aromatic N) is 1. The highest BCUT2D eigenvalue weighted by Crippen LogP contribution is 2.13. The molecule has 2 amide bonds. The molecule has 2 unspecified atom stereocenters. The van der Waals surface area contributed by atoms with E-state index in [1.165, 1.54) is 4.90 Å². The van der Waals surface area contributed by atoms with Gasteiger partial charge >= 0.3 is 0 Å². The fourth-order valence-corrected chi connectivity index (χ4v) is 1.74. The smallest absolute Gasteiger partial charge is 0.227 e. The van der Waals surface area contributed by atoms with Gasteiger partial charge in [-0.1, -0.05) is 0 Å². The van der Waals surface area contributed by atoms with E-state index >= 15 is 0 Å². The standard InChI is InChI=1S/C11H21N3O3/c1-12-9-7-17-6-8(9)11(16)13-5-4-10(15)14(2)3/h8-9,12H,4-7H2,1-3H3,(H,13,16). The van der Waals surface area contributed by atoms with E-state index in [1.807, 2.05) is 7.05 Å². The molecular formula is C11H21N3O3. The quantitative estimate of drug-likeness (QED) is 0.637. The second kappa shape index (κ2) is 6.56. The van der Waals surface area contributed by atoms with Crippen LogP contribution in [0.25, 0.3) is 0 Å². The summed E-state index contributed by atoms with van der Waals surface area (Å²) in [7, 11) is 5.22. The topological polar surface area (TPSA) is 70.7 Å². The van der Waals surface area contributed by atoms with Crippen LogP contribution in [0.5, 0.6) is 0 Å². The molecule has 1 fully saturated rings. The molecule has 0 saturated carbocycles. The molecular weight excluding hydrogens is 222 g/mol. The lowest BCUT2D eigenvalue weighted by atomic mass is 10.0. The molecule has 1 aliphatic heterocycles. The maximum absolute atomic E-state index is 11.8. The lowest BCUT2D eigenvalue weighted by molar-refractivity contribution is -0.129. The molecule has 17 heavy (non-hydrogen) atoms. The second-order valence-electron chi connectivity index (χ2n) is 4.37. The van der Waals surface area contributed by atoms with Gasteiger partial charge in [0.15, 0.2) is 0 Å². The van der Waals surface area contributed by atoms with E-state index in [4.69, 9.17) is 4.74 Å². The third kappa shape index (κ3) is 3.98. The van der Waals surface area contributed by atoms with Crippen molar-refractivity contribution in [3.8, 4) is 0 Å². The first-order valence-corrected chi connectivity index (χ1v) is 5.79. The molecule has 1 rings (SSSR count). The third-order valence-electron chi connectivity index (χ3n) is 2.92. The zero-order chi connectivity index (χ0) is 12.8. The lowest BCUT2D eigenvalue weighted by Gasteiger charge is -2.16. The van der Waals surface area contributed by atoms with Gasteiger partial charge in [0.05, 0.1) is 19.1 Å². The Balaban J connectivity index is 2.27. The summed E-state index contributed by atoms with van der Waals surface area (Å²) in [5, 5.41) is 5.82. The van der Waals surface area contributed by atoms with E-state index in [2.05, 4.69) is 10.6 Å². The number of likely N-dealkylation sites (N-methyl/N-ethyl adjacent to an activating group) is 1. The molecule has 0 spiro atoms. The third-order valence-corrected chi connectivity index (χ3v) is 2.92. The van der Waals surface area contributed by atoms with Crippen molar-refractivity contribution in [3.63, 3.8) is 0 Å². The Bertz CT molecular complexity index is 281. The maximum Gasteiger partial charge on any atom is 0.227 e. The number of hydrogen-bond donors (Lipinski definition) is 2. The first-order valence-electron chi connectivity index (χ1n) is 5.79. The predicted octanol–water partition coefficient (Wildman–Crippen LogP) is -1.18. The van der Waals surface area contributed by atoms with Crippen molar-refractivity contribution < 1.29 is 14.3 Å². The number of nitrogens with one attached hydrogen (secondary N) is 2. The molecule has 0 aromatic heterocycles. The molecule has 0 bridgehead atoms. The highest BCUT2D eigenvalue weighted by Gasteiger charge is 2.32. The van der Waals surface area contributed by atoms with Gasteiger partial charge in [-0.05, 0) is 7.05 Å². The Kier molecular flexibility index (Phi) is 5.37. The number of rotatable bonds is 5. The highest BCUT2D eigenvalue weighted by atomic mass is 16.5. The van der Waals surface area contributed by atoms with Crippen LogP contribution in [0.15, 0.2) is 0 Å². The summed E-state index contributed by atoms with van der Waals surface area (Å²) in [5.41, 5.74) is 0. The van der Waals surface area contributed by atoms with Crippen molar-refractivity contribution >= 4 is 11.8 Å². The van der Waals surface area contributed by atoms with Gasteiger partial charge in [-0.25, -0.2) is 0 Å². The summed E-state index contributed by atoms with van der Waals surface area (Å²) in [5.74, 6) is -0.194. The van der Waals surface area contributed by atoms with Crippen molar-refractivity contribution in [2.45, 2.75) is 12.5 Å². The molecule has 1 heterocycles. The van der Waals surface area contributed by atoms with E-state index in [1.54, 1.807) is 14.1 Å². The summed E-state index contributed by atoms with van der Waals surface area (Å²) < 4.78 is 5.25. The maximum atomic E-state index is 11.8. The van der Waals surface area contributed by atoms with Crippen LogP contribution in [-0.2, 0) is 14.3 Å². The van der Waals surface area contributed by atoms with Crippen molar-refractivity contribution in [1.29, 1.82) is 0 Å². The molecule has 0 aromatic carbocycles. The van der Waals surface area contributed by atoms with Crippen molar-refractivity contribution in [3.05, 3.63) is 0 Å². The number of carbonyl (C=O) groups excluding carboxylic acids is 2. The van der Waals surface area contributed by atoms with E-state index in [9.17, 15) is 9.59 Å². The van der Waals surface area contributed by atoms with Crippen LogP contribution in [0.4, 0.5) is 0 Å². The molecule has 1 aliphatic rings. The fourth-order valence-electron chi connectivity index (χ4n) is 1.74. The Morgan fingerprint density at radius 2 is 2.06 bits per heavy atom. The predicted molar refractivity (Wildman–Crippen MR) is 63.5 cm³/mol. The summed E-state index contributed by atoms with van der Waals surface area (Å²) in [4.78, 5) is 24.6. The molecule has 0 aliphatic carbocycles. The zero-order valence-corrected chi connectivity index (χ0v) is 10.7. The Labute approximate surface area is 102 Å². The van der Waals surface area contributed by atoms with Crippen LogP contribution in [-0.4, -0.2) is 63.7 Å². The Morgan fingerprint density at radius 3 is 2.65 bits per heavy atom. The summed E-state index contributed by atoms with van der Waals surface area (Å²) in [6.07, 6.45) is 0.330. The minimum atomic E-state index is -0.158. The van der Waals surface area contributed by atoms with Gasteiger partial charge in [-0.15, -0.1) is 0 Å². The van der Waals surface area contributed by atoms with E-state index < -0.39 is 0 Å². The van der Waals surface area contributed by atoms with E-state index in [-0.39, 0.29) is 23.8 Å². The van der Waals surface area contributed by atoms with Crippen LogP contribution < -0.4 is 10.6 Å². The van der Waals surface area contributed by atoms with Crippen LogP contribution in [0.1, 0.15) is 6.42 Å². The second-order valence-corrected chi connectivity index (χ2v) is 4.37. The summed E-state index contributed by atoms with van der Waals surface area (Å²) >= 11 is 0. The minimum absolute atomic E-state index is 0.0122. The van der Waals surface area contributed by atoms with Crippen LogP contribution in [0, 0.1) is 5.92 Å². The van der Waals surface area contributed by atoms with Crippen molar-refractivity contribution in [2.75, 3.05) is 40.9 Å². The van der Waals surface area contributed by atoms with Gasteiger partial charge in [0.25, 0.3) is 0 Å². The number of hydrogen-bond acceptors (Lipinski definition) is 4. The van der Waals surface area contributed by atoms with E-state index in [0.717, 1.165) is 0 Å². The molecule has 0 radical (unpaired) electrons. The van der Waals surface area contributed by atoms with Crippen LogP contribution >= 0.6 is 0 Å². The van der Waals surface area contributed by atoms with E-state index in [0.29, 0.717) is 26.2 Å². The fraction of sp³-hybridized carbons (Fsp3) is 0.818. The highest BCUT2D eigenvalue weighted by molar-refractivity contribution is 5.81. The van der Waals surface area contributed by atoms with Gasteiger partial charge in [-0.3, -0.25) is 9.59 Å². The van der Waals surface area contributed by atoms with Crippen LogP contribution in [0.3, 0.4) is 0 Å². The van der Waals surface area contributed by atoms with Gasteiger partial charge < -0.3 is 20.3 Å². The lowest BCUT2D eigenvalue weighted by Crippen LogP contribution is -2.43. The molecule has 2 N–H and O–H groups in total. The van der Waals surface area contributed by atoms with Gasteiger partial charge in [0, 0.05) is 33.1 Å². The van der Waals surface area contributed by atoms with Gasteiger partial charge in [-0.2, -0.15) is 0 Å². The largest absolute Gasteiger partial charge is 0.379 e. The summed E-state index contributed by atoms with van der Waals surface area (Å²) in [6.45, 7) is 1.38. The number of carbonyl (C=O) groups is 2. The van der Waals surface area contributed by atoms with Crippen molar-refractivity contribution in [1.82, 2.24) is 15.5 Å². The van der Waals surface area contributed by atoms with Gasteiger partial charge in [0.1, 0.15) is 0 Å². The number of ether oxygens (including phenoxy) is 1. The molecule has 6 heteroatoms. The summed E-state index contributed by atoms with van der Waals surface area (Å²) in [6, 6.07) is 0.0690. The minimum Gasteiger partial charge on any atom is -0.379 e. The van der Waals surface area contributed by atoms with Gasteiger partial charge in [0.2, 0.25) is 11.8 Å². The molecule has 6 nitrogen and oxygen atoms in total. The molecule has 2 atom stereocenters. The SMILES string of the molecule is CNC1COCC1C(=O)NCCC(=O)N(C)C.